The molecule has 0 saturated heterocycles. The number of amides is 3. The van der Waals surface area contributed by atoms with Crippen LogP contribution >= 0.6 is 11.8 Å². The molecule has 166 valence electrons. The Morgan fingerprint density at radius 1 is 0.968 bits per heavy atom. The number of likely N-dealkylation sites (N-methyl/N-ethyl adjacent to an activating group) is 1. The van der Waals surface area contributed by atoms with Gasteiger partial charge in [0.1, 0.15) is 0 Å². The zero-order valence-electron chi connectivity index (χ0n) is 17.2. The first-order valence-electron chi connectivity index (χ1n) is 9.14. The van der Waals surface area contributed by atoms with E-state index in [9.17, 15) is 27.6 Å². The molecule has 6 nitrogen and oxygen atoms in total. The Kier molecular flexibility index (Phi) is 8.09. The summed E-state index contributed by atoms with van der Waals surface area (Å²) in [5.74, 6) is -1.24. The van der Waals surface area contributed by atoms with Gasteiger partial charge in [-0.1, -0.05) is 24.3 Å². The minimum absolute atomic E-state index is 0.122. The summed E-state index contributed by atoms with van der Waals surface area (Å²) in [7, 11) is 4.64. The van der Waals surface area contributed by atoms with Crippen molar-refractivity contribution in [3.05, 3.63) is 59.7 Å². The van der Waals surface area contributed by atoms with Crippen LogP contribution in [0.2, 0.25) is 0 Å². The molecule has 0 saturated carbocycles. The lowest BCUT2D eigenvalue weighted by molar-refractivity contribution is -0.137. The molecule has 0 bridgehead atoms. The lowest BCUT2D eigenvalue weighted by Crippen LogP contribution is -2.35. The number of benzene rings is 2. The van der Waals surface area contributed by atoms with Crippen molar-refractivity contribution < 1.29 is 27.6 Å². The van der Waals surface area contributed by atoms with E-state index in [-0.39, 0.29) is 17.3 Å². The third kappa shape index (κ3) is 6.74. The van der Waals surface area contributed by atoms with Crippen LogP contribution in [0, 0.1) is 0 Å². The standard InChI is InChI=1S/C21H22F3N3O3S/c1-26(2)19(29)13-31-17-11-7-4-8-14(17)20(30)27(3)12-18(28)25-16-10-6-5-9-15(16)21(22,23)24/h4-11H,12-13H2,1-3H3,(H,25,28). The van der Waals surface area contributed by atoms with Crippen molar-refractivity contribution in [3.63, 3.8) is 0 Å². The van der Waals surface area contributed by atoms with E-state index in [0.717, 1.165) is 17.0 Å². The summed E-state index contributed by atoms with van der Waals surface area (Å²) < 4.78 is 39.3. The number of hydrogen-bond donors (Lipinski definition) is 1. The fourth-order valence-corrected chi connectivity index (χ4v) is 3.58. The van der Waals surface area contributed by atoms with Gasteiger partial charge >= 0.3 is 6.18 Å². The van der Waals surface area contributed by atoms with Crippen LogP contribution in [0.4, 0.5) is 18.9 Å². The number of nitrogens with one attached hydrogen (secondary N) is 1. The average molecular weight is 453 g/mol. The number of hydrogen-bond acceptors (Lipinski definition) is 4. The van der Waals surface area contributed by atoms with Gasteiger partial charge in [-0.2, -0.15) is 13.2 Å². The summed E-state index contributed by atoms with van der Waals surface area (Å²) in [5.41, 5.74) is -1.05. The molecule has 2 rings (SSSR count). The molecular weight excluding hydrogens is 431 g/mol. The number of nitrogens with zero attached hydrogens (tertiary/aromatic N) is 2. The minimum Gasteiger partial charge on any atom is -0.348 e. The van der Waals surface area contributed by atoms with Gasteiger partial charge < -0.3 is 15.1 Å². The number of thioether (sulfide) groups is 1. The maximum Gasteiger partial charge on any atom is 0.418 e. The van der Waals surface area contributed by atoms with E-state index in [1.807, 2.05) is 0 Å². The molecule has 0 fully saturated rings. The summed E-state index contributed by atoms with van der Waals surface area (Å²) in [4.78, 5) is 40.0. The number of alkyl halides is 3. The molecule has 10 heteroatoms. The van der Waals surface area contributed by atoms with Crippen LogP contribution < -0.4 is 5.32 Å². The van der Waals surface area contributed by atoms with Gasteiger partial charge in [0.25, 0.3) is 5.91 Å². The number of carbonyl (C=O) groups is 3. The maximum absolute atomic E-state index is 13.1. The Morgan fingerprint density at radius 3 is 2.23 bits per heavy atom. The van der Waals surface area contributed by atoms with Crippen LogP contribution in [0.5, 0.6) is 0 Å². The van der Waals surface area contributed by atoms with Gasteiger partial charge in [-0.25, -0.2) is 0 Å². The molecule has 1 N–H and O–H groups in total. The minimum atomic E-state index is -4.62. The van der Waals surface area contributed by atoms with Gasteiger partial charge in [-0.3, -0.25) is 14.4 Å². The van der Waals surface area contributed by atoms with Crippen molar-refractivity contribution in [2.45, 2.75) is 11.1 Å². The fraction of sp³-hybridized carbons (Fsp3) is 0.286. The van der Waals surface area contributed by atoms with Gasteiger partial charge in [0.05, 0.1) is 29.1 Å². The Hall–Kier alpha value is -3.01. The Morgan fingerprint density at radius 2 is 1.58 bits per heavy atom. The topological polar surface area (TPSA) is 69.7 Å². The van der Waals surface area contributed by atoms with Crippen molar-refractivity contribution in [3.8, 4) is 0 Å². The monoisotopic (exact) mass is 453 g/mol. The molecule has 0 heterocycles. The third-order valence-electron chi connectivity index (χ3n) is 4.20. The molecule has 0 unspecified atom stereocenters. The highest BCUT2D eigenvalue weighted by molar-refractivity contribution is 8.00. The van der Waals surface area contributed by atoms with Gasteiger partial charge in [0.15, 0.2) is 0 Å². The molecule has 0 radical (unpaired) electrons. The van der Waals surface area contributed by atoms with Crippen LogP contribution in [0.1, 0.15) is 15.9 Å². The van der Waals surface area contributed by atoms with Gasteiger partial charge in [0.2, 0.25) is 11.8 Å². The molecule has 0 aliphatic heterocycles. The summed E-state index contributed by atoms with van der Waals surface area (Å²) in [6.07, 6.45) is -4.62. The summed E-state index contributed by atoms with van der Waals surface area (Å²) >= 11 is 1.19. The zero-order chi connectivity index (χ0) is 23.2. The first-order chi connectivity index (χ1) is 14.5. The molecule has 2 aromatic rings. The largest absolute Gasteiger partial charge is 0.418 e. The number of rotatable bonds is 7. The van der Waals surface area contributed by atoms with E-state index in [1.54, 1.807) is 38.4 Å². The summed E-state index contributed by atoms with van der Waals surface area (Å²) in [6, 6.07) is 11.3. The highest BCUT2D eigenvalue weighted by atomic mass is 32.2. The molecule has 0 aromatic heterocycles. The fourth-order valence-electron chi connectivity index (χ4n) is 2.56. The first kappa shape index (κ1) is 24.3. The Balaban J connectivity index is 2.08. The number of halogens is 3. The highest BCUT2D eigenvalue weighted by Crippen LogP contribution is 2.34. The number of anilines is 1. The van der Waals surface area contributed by atoms with Crippen LogP contribution in [0.15, 0.2) is 53.4 Å². The van der Waals surface area contributed by atoms with Gasteiger partial charge in [0, 0.05) is 26.0 Å². The first-order valence-corrected chi connectivity index (χ1v) is 10.1. The van der Waals surface area contributed by atoms with Gasteiger partial charge in [-0.05, 0) is 24.3 Å². The smallest absolute Gasteiger partial charge is 0.348 e. The van der Waals surface area contributed by atoms with Crippen LogP contribution in [-0.4, -0.2) is 61.0 Å². The molecule has 31 heavy (non-hydrogen) atoms. The van der Waals surface area contributed by atoms with E-state index in [4.69, 9.17) is 0 Å². The second-order valence-corrected chi connectivity index (χ2v) is 7.84. The van der Waals surface area contributed by atoms with Crippen molar-refractivity contribution >= 4 is 35.2 Å². The van der Waals surface area contributed by atoms with E-state index >= 15 is 0 Å². The molecule has 0 spiro atoms. The normalized spacial score (nSPS) is 11.0. The lowest BCUT2D eigenvalue weighted by Gasteiger charge is -2.20. The Labute approximate surface area is 182 Å². The molecule has 0 aliphatic carbocycles. The maximum atomic E-state index is 13.1. The Bertz CT molecular complexity index is 964. The van der Waals surface area contributed by atoms with E-state index in [2.05, 4.69) is 5.32 Å². The number of para-hydroxylation sites is 1. The second-order valence-electron chi connectivity index (χ2n) is 6.83. The SMILES string of the molecule is CN(C)C(=O)CSc1ccccc1C(=O)N(C)CC(=O)Nc1ccccc1C(F)(F)F. The van der Waals surface area contributed by atoms with Gasteiger partial charge in [-0.15, -0.1) is 11.8 Å². The predicted octanol–water partition coefficient (Wildman–Crippen LogP) is 3.60. The van der Waals surface area contributed by atoms with E-state index in [0.29, 0.717) is 10.5 Å². The van der Waals surface area contributed by atoms with Crippen molar-refractivity contribution in [2.24, 2.45) is 0 Å². The van der Waals surface area contributed by atoms with E-state index in [1.165, 1.54) is 35.8 Å². The number of carbonyl (C=O) groups excluding carboxylic acids is 3. The summed E-state index contributed by atoms with van der Waals surface area (Å²) in [5, 5.41) is 2.21. The molecule has 0 aliphatic rings. The molecule has 0 atom stereocenters. The quantitative estimate of drug-likeness (QED) is 0.651. The van der Waals surface area contributed by atoms with Crippen molar-refractivity contribution in [1.82, 2.24) is 9.80 Å². The van der Waals surface area contributed by atoms with Crippen LogP contribution in [0.3, 0.4) is 0 Å². The third-order valence-corrected chi connectivity index (χ3v) is 5.26. The molecule has 2 aromatic carbocycles. The second kappa shape index (κ2) is 10.3. The molecule has 3 amide bonds. The van der Waals surface area contributed by atoms with Crippen LogP contribution in [-0.2, 0) is 15.8 Å². The lowest BCUT2D eigenvalue weighted by atomic mass is 10.1. The zero-order valence-corrected chi connectivity index (χ0v) is 18.0. The van der Waals surface area contributed by atoms with E-state index < -0.39 is 30.1 Å². The highest BCUT2D eigenvalue weighted by Gasteiger charge is 2.33. The van der Waals surface area contributed by atoms with Crippen molar-refractivity contribution in [1.29, 1.82) is 0 Å². The summed E-state index contributed by atoms with van der Waals surface area (Å²) in [6.45, 7) is -0.444. The predicted molar refractivity (Wildman–Crippen MR) is 113 cm³/mol. The van der Waals surface area contributed by atoms with Crippen LogP contribution in [0.25, 0.3) is 0 Å². The van der Waals surface area contributed by atoms with Crippen molar-refractivity contribution in [2.75, 3.05) is 38.8 Å². The average Bonchev–Trinajstić information content (AvgIpc) is 2.71. The molecular formula is C21H22F3N3O3S.